The van der Waals surface area contributed by atoms with Crippen LogP contribution in [-0.2, 0) is 4.74 Å². The molecule has 1 aromatic carbocycles. The molecule has 1 aliphatic rings. The maximum Gasteiger partial charge on any atom is 0.410 e. The van der Waals surface area contributed by atoms with Crippen LogP contribution in [0.2, 0.25) is 0 Å². The van der Waals surface area contributed by atoms with Gasteiger partial charge in [-0.3, -0.25) is 4.79 Å². The smallest absolute Gasteiger partial charge is 0.410 e. The Morgan fingerprint density at radius 2 is 1.79 bits per heavy atom. The quantitative estimate of drug-likeness (QED) is 0.189. The summed E-state index contributed by atoms with van der Waals surface area (Å²) in [6, 6.07) is 10.7. The van der Waals surface area contributed by atoms with Crippen LogP contribution in [0.3, 0.4) is 0 Å². The second-order valence-corrected chi connectivity index (χ2v) is 9.48. The van der Waals surface area contributed by atoms with Gasteiger partial charge in [0.2, 0.25) is 0 Å². The van der Waals surface area contributed by atoms with Gasteiger partial charge < -0.3 is 20.7 Å². The van der Waals surface area contributed by atoms with Crippen LogP contribution in [0.4, 0.5) is 10.5 Å². The number of amidine groups is 1. The Bertz CT molecular complexity index is 1290. The number of amides is 2. The highest BCUT2D eigenvalue weighted by Gasteiger charge is 2.36. The van der Waals surface area contributed by atoms with Crippen molar-refractivity contribution >= 4 is 29.0 Å². The Balaban J connectivity index is 0.00000127. The van der Waals surface area contributed by atoms with E-state index >= 15 is 0 Å². The summed E-state index contributed by atoms with van der Waals surface area (Å²) in [5.74, 6) is 5.99. The minimum absolute atomic E-state index is 0.179. The van der Waals surface area contributed by atoms with Crippen molar-refractivity contribution in [1.82, 2.24) is 19.6 Å². The summed E-state index contributed by atoms with van der Waals surface area (Å²) in [4.78, 5) is 26.6. The lowest BCUT2D eigenvalue weighted by Crippen LogP contribution is -2.62. The molecule has 0 spiro atoms. The molecule has 2 aromatic heterocycles. The maximum absolute atomic E-state index is 12.9. The van der Waals surface area contributed by atoms with Crippen LogP contribution in [0.1, 0.15) is 70.0 Å². The third-order valence-electron chi connectivity index (χ3n) is 5.56. The number of carbonyl (C=O) groups excluding carboxylic acids is 2. The van der Waals surface area contributed by atoms with Gasteiger partial charge in [-0.1, -0.05) is 45.9 Å². The van der Waals surface area contributed by atoms with Crippen molar-refractivity contribution in [3.05, 3.63) is 65.5 Å². The minimum Gasteiger partial charge on any atom is -0.444 e. The summed E-state index contributed by atoms with van der Waals surface area (Å²) < 4.78 is 7.00. The van der Waals surface area contributed by atoms with Crippen molar-refractivity contribution in [2.24, 2.45) is 16.7 Å². The molecular weight excluding hydrogens is 496 g/mol. The van der Waals surface area contributed by atoms with Gasteiger partial charge in [0.25, 0.3) is 5.91 Å². The maximum atomic E-state index is 12.9. The molecule has 1 fully saturated rings. The van der Waals surface area contributed by atoms with Gasteiger partial charge in [0.15, 0.2) is 5.84 Å². The van der Waals surface area contributed by atoms with Gasteiger partial charge in [-0.05, 0) is 51.5 Å². The number of carbonyl (C=O) groups is 2. The molecular formula is C28H42N8O3. The van der Waals surface area contributed by atoms with E-state index in [1.54, 1.807) is 27.7 Å². The summed E-state index contributed by atoms with van der Waals surface area (Å²) in [5.41, 5.74) is 8.88. The van der Waals surface area contributed by atoms with E-state index in [0.29, 0.717) is 35.4 Å². The number of anilines is 1. The van der Waals surface area contributed by atoms with E-state index in [9.17, 15) is 9.59 Å². The number of hydrazine groups is 1. The molecule has 1 saturated heterocycles. The molecule has 2 amide bonds. The molecule has 1 aliphatic heterocycles. The first-order chi connectivity index (χ1) is 18.5. The van der Waals surface area contributed by atoms with E-state index in [1.807, 2.05) is 79.7 Å². The molecule has 39 heavy (non-hydrogen) atoms. The molecule has 0 bridgehead atoms. The first kappa shape index (κ1) is 31.1. The van der Waals surface area contributed by atoms with Gasteiger partial charge in [0.1, 0.15) is 5.60 Å². The van der Waals surface area contributed by atoms with Crippen molar-refractivity contribution in [1.29, 1.82) is 0 Å². The highest BCUT2D eigenvalue weighted by Crippen LogP contribution is 2.21. The Morgan fingerprint density at radius 1 is 1.13 bits per heavy atom. The number of aromatic nitrogens is 2. The zero-order chi connectivity index (χ0) is 29.3. The number of aryl methyl sites for hydroxylation is 1. The monoisotopic (exact) mass is 538 g/mol. The fourth-order valence-corrected chi connectivity index (χ4v) is 3.58. The average molecular weight is 539 g/mol. The van der Waals surface area contributed by atoms with Crippen LogP contribution in [0.5, 0.6) is 0 Å². The summed E-state index contributed by atoms with van der Waals surface area (Å²) in [7, 11) is 0. The van der Waals surface area contributed by atoms with Crippen LogP contribution in [0, 0.1) is 6.92 Å². The van der Waals surface area contributed by atoms with E-state index in [1.165, 1.54) is 11.3 Å². The normalized spacial score (nSPS) is 13.4. The van der Waals surface area contributed by atoms with Crippen molar-refractivity contribution in [2.45, 2.75) is 67.0 Å². The van der Waals surface area contributed by atoms with E-state index in [2.05, 4.69) is 15.5 Å². The van der Waals surface area contributed by atoms with Gasteiger partial charge in [0.05, 0.1) is 23.3 Å². The lowest BCUT2D eigenvalue weighted by Gasteiger charge is -2.42. The number of rotatable bonds is 5. The zero-order valence-electron chi connectivity index (χ0n) is 24.2. The van der Waals surface area contributed by atoms with E-state index < -0.39 is 5.60 Å². The van der Waals surface area contributed by atoms with Crippen molar-refractivity contribution < 1.29 is 14.3 Å². The lowest BCUT2D eigenvalue weighted by molar-refractivity contribution is -0.0151. The predicted octanol–water partition coefficient (Wildman–Crippen LogP) is 4.36. The molecule has 3 heterocycles. The third-order valence-corrected chi connectivity index (χ3v) is 5.56. The summed E-state index contributed by atoms with van der Waals surface area (Å²) >= 11 is 0. The van der Waals surface area contributed by atoms with Crippen LogP contribution in [-0.4, -0.2) is 62.2 Å². The SMILES string of the molecule is CC.CC.Cc1ccc(/C(N)=N/N(N)C2CN(C(=O)OC(C)(C)C)C2)cc1NC(=O)c1cnn2ccccc12. The largest absolute Gasteiger partial charge is 0.444 e. The Morgan fingerprint density at radius 3 is 2.44 bits per heavy atom. The molecule has 0 aliphatic carbocycles. The summed E-state index contributed by atoms with van der Waals surface area (Å²) in [6.45, 7) is 16.1. The topological polar surface area (TPSA) is 144 Å². The van der Waals surface area contributed by atoms with Gasteiger partial charge in [0, 0.05) is 30.5 Å². The Hall–Kier alpha value is -4.12. The molecule has 0 radical (unpaired) electrons. The molecule has 0 saturated carbocycles. The van der Waals surface area contributed by atoms with Gasteiger partial charge >= 0.3 is 6.09 Å². The molecule has 212 valence electrons. The number of fused-ring (bicyclic) bond motifs is 1. The number of nitrogens with one attached hydrogen (secondary N) is 1. The molecule has 5 N–H and O–H groups in total. The summed E-state index contributed by atoms with van der Waals surface area (Å²) in [5, 5.41) is 12.7. The third kappa shape index (κ3) is 7.93. The van der Waals surface area contributed by atoms with E-state index in [4.69, 9.17) is 16.3 Å². The number of likely N-dealkylation sites (tertiary alicyclic amines) is 1. The molecule has 4 rings (SSSR count). The Labute approximate surface area is 230 Å². The zero-order valence-corrected chi connectivity index (χ0v) is 24.2. The fraction of sp³-hybridized carbons (Fsp3) is 0.429. The van der Waals surface area contributed by atoms with Gasteiger partial charge in [-0.25, -0.2) is 20.3 Å². The molecule has 11 nitrogen and oxygen atoms in total. The Kier molecular flexibility index (Phi) is 10.9. The number of hydrogen-bond donors (Lipinski definition) is 3. The van der Waals surface area contributed by atoms with E-state index in [0.717, 1.165) is 5.56 Å². The number of pyridine rings is 1. The molecule has 0 unspecified atom stereocenters. The number of hydrogen-bond acceptors (Lipinski definition) is 7. The van der Waals surface area contributed by atoms with Crippen molar-refractivity contribution in [2.75, 3.05) is 18.4 Å². The second-order valence-electron chi connectivity index (χ2n) is 9.48. The molecule has 11 heteroatoms. The van der Waals surface area contributed by atoms with Crippen molar-refractivity contribution in [3.63, 3.8) is 0 Å². The highest BCUT2D eigenvalue weighted by atomic mass is 16.6. The first-order valence-electron chi connectivity index (χ1n) is 13.2. The molecule has 0 atom stereocenters. The number of benzene rings is 1. The minimum atomic E-state index is -0.559. The second kappa shape index (κ2) is 13.6. The summed E-state index contributed by atoms with van der Waals surface area (Å²) in [6.07, 6.45) is 2.93. The predicted molar refractivity (Wildman–Crippen MR) is 155 cm³/mol. The highest BCUT2D eigenvalue weighted by molar-refractivity contribution is 6.09. The van der Waals surface area contributed by atoms with Crippen LogP contribution < -0.4 is 16.9 Å². The number of nitrogens with two attached hydrogens (primary N) is 2. The van der Waals surface area contributed by atoms with Gasteiger partial charge in [-0.15, -0.1) is 5.10 Å². The standard InChI is InChI=1S/C24H30N8O3.2C2H6/c1-15-8-9-16(11-19(15)28-22(33)18-12-27-31-10-6-5-7-20(18)31)21(25)29-32(26)17-13-30(14-17)23(34)35-24(2,3)4;2*1-2/h5-12,17H,13-14,26H2,1-4H3,(H2,25,29)(H,28,33);2*1-2H3. The van der Waals surface area contributed by atoms with Crippen molar-refractivity contribution in [3.8, 4) is 0 Å². The van der Waals surface area contributed by atoms with Gasteiger partial charge in [-0.2, -0.15) is 5.10 Å². The average Bonchev–Trinajstić information content (AvgIpc) is 3.30. The molecule has 3 aromatic rings. The van der Waals surface area contributed by atoms with Crippen LogP contribution in [0.15, 0.2) is 53.9 Å². The number of nitrogens with zero attached hydrogens (tertiary/aromatic N) is 5. The lowest BCUT2D eigenvalue weighted by atomic mass is 10.1. The number of ether oxygens (including phenoxy) is 1. The number of hydrazone groups is 1. The van der Waals surface area contributed by atoms with Crippen LogP contribution in [0.25, 0.3) is 5.52 Å². The first-order valence-corrected chi connectivity index (χ1v) is 13.2. The fourth-order valence-electron chi connectivity index (χ4n) is 3.58. The van der Waals surface area contributed by atoms with E-state index in [-0.39, 0.29) is 23.9 Å². The van der Waals surface area contributed by atoms with Crippen LogP contribution >= 0.6 is 0 Å².